The summed E-state index contributed by atoms with van der Waals surface area (Å²) in [6.45, 7) is 0. The molecular weight excluding hydrogens is 256 g/mol. The monoisotopic (exact) mass is 274 g/mol. The molecule has 0 atom stereocenters. The first-order chi connectivity index (χ1) is 7.63. The molecule has 0 saturated carbocycles. The van der Waals surface area contributed by atoms with E-state index in [0.717, 1.165) is 38.5 Å². The van der Waals surface area contributed by atoms with Crippen LogP contribution in [0.3, 0.4) is 0 Å². The van der Waals surface area contributed by atoms with E-state index < -0.39 is 11.9 Å². The van der Waals surface area contributed by atoms with Crippen molar-refractivity contribution < 1.29 is 39.6 Å². The molecule has 0 bridgehead atoms. The predicted molar refractivity (Wildman–Crippen MR) is 52.9 cm³/mol. The molecule has 0 aliphatic rings. The summed E-state index contributed by atoms with van der Waals surface area (Å²) in [6.07, 6.45) is 5.82. The van der Waals surface area contributed by atoms with Crippen LogP contribution in [0.5, 0.6) is 0 Å². The molecule has 0 aromatic heterocycles. The molecule has 0 aliphatic heterocycles. The second-order valence-electron chi connectivity index (χ2n) is 3.41. The van der Waals surface area contributed by atoms with E-state index in [1.165, 1.54) is 0 Å². The van der Waals surface area contributed by atoms with E-state index in [4.69, 9.17) is 14.0 Å². The summed E-state index contributed by atoms with van der Waals surface area (Å²) in [4.78, 5) is 20.3. The summed E-state index contributed by atoms with van der Waals surface area (Å²) >= 11 is 2.00. The van der Waals surface area contributed by atoms with Gasteiger partial charge >= 0.3 is 31.7 Å². The van der Waals surface area contributed by atoms with Crippen LogP contribution in [0.1, 0.15) is 51.4 Å². The number of unbranched alkanes of at least 4 members (excludes halogenated alkanes) is 5. The summed E-state index contributed by atoms with van der Waals surface area (Å²) in [5.41, 5.74) is 0. The van der Waals surface area contributed by atoms with Crippen LogP contribution in [-0.4, -0.2) is 22.2 Å². The minimum atomic E-state index is -0.740. The zero-order valence-corrected chi connectivity index (χ0v) is 10.2. The second-order valence-corrected chi connectivity index (χ2v) is 3.41. The number of hydrogen-bond donors (Lipinski definition) is 2. The average molecular weight is 274 g/mol. The fourth-order valence-electron chi connectivity index (χ4n) is 1.26. The van der Waals surface area contributed by atoms with E-state index in [1.54, 1.807) is 0 Å². The number of carboxylic acids is 2. The Kier molecular flexibility index (Phi) is 15.7. The zero-order chi connectivity index (χ0) is 12.8. The molecule has 0 aliphatic carbocycles. The van der Waals surface area contributed by atoms with E-state index in [1.807, 2.05) is 15.9 Å². The molecule has 0 unspecified atom stereocenters. The number of hydrogen-bond acceptors (Lipinski definition) is 3. The Labute approximate surface area is 103 Å². The molecule has 0 amide bonds. The molecule has 0 radical (unpaired) electrons. The molecule has 0 saturated heterocycles. The molecule has 96 valence electrons. The van der Waals surface area contributed by atoms with Gasteiger partial charge in [-0.3, -0.25) is 9.59 Å². The van der Waals surface area contributed by atoms with Gasteiger partial charge in [-0.15, -0.1) is 0 Å². The topological polar surface area (TPSA) is 91.7 Å². The van der Waals surface area contributed by atoms with Gasteiger partial charge in [0.1, 0.15) is 0 Å². The van der Waals surface area contributed by atoms with Gasteiger partial charge in [0.05, 0.1) is 0 Å². The molecule has 2 N–H and O–H groups in total. The second kappa shape index (κ2) is 14.3. The Bertz CT molecular complexity index is 176. The van der Waals surface area contributed by atoms with Crippen molar-refractivity contribution >= 4 is 11.9 Å². The van der Waals surface area contributed by atoms with Crippen LogP contribution < -0.4 is 0 Å². The van der Waals surface area contributed by atoms with Gasteiger partial charge in [0.25, 0.3) is 0 Å². The van der Waals surface area contributed by atoms with Crippen LogP contribution in [0.15, 0.2) is 0 Å². The molecule has 0 fully saturated rings. The average Bonchev–Trinajstić information content (AvgIpc) is 2.24. The normalized spacial score (nSPS) is 9.06. The Hall–Kier alpha value is -0.741. The van der Waals surface area contributed by atoms with Gasteiger partial charge in [-0.25, -0.2) is 0 Å². The quantitative estimate of drug-likeness (QED) is 0.496. The third-order valence-corrected chi connectivity index (χ3v) is 2.03. The minimum absolute atomic E-state index is 0.245. The third kappa shape index (κ3) is 18.9. The van der Waals surface area contributed by atoms with Gasteiger partial charge in [0.2, 0.25) is 0 Å². The summed E-state index contributed by atoms with van der Waals surface area (Å²) in [5, 5.41) is 16.7. The predicted octanol–water partition coefficient (Wildman–Crippen LogP) is 2.16. The molecule has 0 heterocycles. The van der Waals surface area contributed by atoms with Crippen molar-refractivity contribution in [2.45, 2.75) is 51.4 Å². The SMILES string of the molecule is O=C(O)CCCCCCCCC(=O)O.[O]=[Fe]. The summed E-state index contributed by atoms with van der Waals surface area (Å²) < 4.78 is 8.00. The van der Waals surface area contributed by atoms with Gasteiger partial charge in [-0.2, -0.15) is 0 Å². The first-order valence-corrected chi connectivity index (χ1v) is 5.66. The van der Waals surface area contributed by atoms with Crippen molar-refractivity contribution in [2.75, 3.05) is 0 Å². The molecule has 0 aromatic rings. The summed E-state index contributed by atoms with van der Waals surface area (Å²) in [5.74, 6) is -1.48. The van der Waals surface area contributed by atoms with Crippen LogP contribution >= 0.6 is 0 Å². The molecular formula is C10H18FeO5. The summed E-state index contributed by atoms with van der Waals surface area (Å²) in [6, 6.07) is 0. The Morgan fingerprint density at radius 3 is 1.19 bits per heavy atom. The van der Waals surface area contributed by atoms with Crippen molar-refractivity contribution in [1.29, 1.82) is 0 Å². The first kappa shape index (κ1) is 17.6. The van der Waals surface area contributed by atoms with Crippen LogP contribution in [-0.2, 0) is 29.4 Å². The van der Waals surface area contributed by atoms with E-state index in [0.29, 0.717) is 0 Å². The van der Waals surface area contributed by atoms with Crippen molar-refractivity contribution in [2.24, 2.45) is 0 Å². The van der Waals surface area contributed by atoms with Gasteiger partial charge in [-0.1, -0.05) is 25.7 Å². The Morgan fingerprint density at radius 2 is 0.938 bits per heavy atom. The van der Waals surface area contributed by atoms with Gasteiger partial charge in [-0.05, 0) is 12.8 Å². The Balaban J connectivity index is 0. The van der Waals surface area contributed by atoms with Crippen molar-refractivity contribution in [3.05, 3.63) is 0 Å². The van der Waals surface area contributed by atoms with Crippen LogP contribution in [0.2, 0.25) is 0 Å². The van der Waals surface area contributed by atoms with E-state index in [2.05, 4.69) is 0 Å². The fourth-order valence-corrected chi connectivity index (χ4v) is 1.26. The van der Waals surface area contributed by atoms with Crippen LogP contribution in [0.25, 0.3) is 0 Å². The number of rotatable bonds is 9. The summed E-state index contributed by atoms with van der Waals surface area (Å²) in [7, 11) is 0. The van der Waals surface area contributed by atoms with Crippen molar-refractivity contribution in [3.63, 3.8) is 0 Å². The van der Waals surface area contributed by atoms with E-state index in [-0.39, 0.29) is 12.8 Å². The number of carboxylic acid groups (broad SMARTS) is 2. The maximum atomic E-state index is 10.1. The molecule has 0 aromatic carbocycles. The molecule has 16 heavy (non-hydrogen) atoms. The first-order valence-electron chi connectivity index (χ1n) is 5.21. The van der Waals surface area contributed by atoms with E-state index >= 15 is 0 Å². The standard InChI is InChI=1S/C10H18O4.Fe.O/c11-9(12)7-5-3-1-2-4-6-8-10(13)14;;/h1-8H2,(H,11,12)(H,13,14);;. The maximum absolute atomic E-state index is 10.1. The van der Waals surface area contributed by atoms with Crippen molar-refractivity contribution in [3.8, 4) is 0 Å². The fraction of sp³-hybridized carbons (Fsp3) is 0.800. The zero-order valence-electron chi connectivity index (χ0n) is 9.13. The number of carbonyl (C=O) groups is 2. The molecule has 5 nitrogen and oxygen atoms in total. The Morgan fingerprint density at radius 1 is 0.688 bits per heavy atom. The van der Waals surface area contributed by atoms with E-state index in [9.17, 15) is 9.59 Å². The van der Waals surface area contributed by atoms with Gasteiger partial charge < -0.3 is 10.2 Å². The molecule has 0 spiro atoms. The molecule has 6 heteroatoms. The van der Waals surface area contributed by atoms with Crippen molar-refractivity contribution in [1.82, 2.24) is 0 Å². The molecule has 0 rings (SSSR count). The van der Waals surface area contributed by atoms with Crippen LogP contribution in [0.4, 0.5) is 0 Å². The van der Waals surface area contributed by atoms with Gasteiger partial charge in [0.15, 0.2) is 0 Å². The number of aliphatic carboxylic acids is 2. The van der Waals surface area contributed by atoms with Gasteiger partial charge in [0, 0.05) is 12.8 Å². The van der Waals surface area contributed by atoms with Crippen LogP contribution in [0, 0.1) is 0 Å². The third-order valence-electron chi connectivity index (χ3n) is 2.03.